The van der Waals surface area contributed by atoms with Crippen molar-refractivity contribution in [2.45, 2.75) is 116 Å². The normalized spacial score (nSPS) is 18.5. The summed E-state index contributed by atoms with van der Waals surface area (Å²) in [5, 5.41) is 0. The van der Waals surface area contributed by atoms with Crippen molar-refractivity contribution in [3.63, 3.8) is 0 Å². The van der Waals surface area contributed by atoms with Gasteiger partial charge in [0.2, 0.25) is 0 Å². The Morgan fingerprint density at radius 1 is 0.763 bits per heavy atom. The second kappa shape index (κ2) is 13.6. The van der Waals surface area contributed by atoms with Crippen LogP contribution in [0, 0.1) is 0 Å². The van der Waals surface area contributed by atoms with E-state index >= 15 is 0 Å². The van der Waals surface area contributed by atoms with Gasteiger partial charge in [0.1, 0.15) is 0 Å². The van der Waals surface area contributed by atoms with Gasteiger partial charge in [-0.3, -0.25) is 0 Å². The van der Waals surface area contributed by atoms with E-state index in [4.69, 9.17) is 0 Å². The monoisotopic (exact) mass is 582 g/mol. The van der Waals surface area contributed by atoms with Gasteiger partial charge in [-0.25, -0.2) is 0 Å². The molecule has 4 aliphatic carbocycles. The number of halogens is 2. The Morgan fingerprint density at radius 3 is 2.00 bits per heavy atom. The molecule has 0 spiro atoms. The molecule has 0 unspecified atom stereocenters. The summed E-state index contributed by atoms with van der Waals surface area (Å²) in [6.45, 7) is 4.84. The number of rotatable bonds is 6. The largest absolute Gasteiger partial charge is 1.00 e. The summed E-state index contributed by atoms with van der Waals surface area (Å²) in [5.41, 5.74) is 9.84. The molecule has 0 amide bonds. The van der Waals surface area contributed by atoms with Crippen LogP contribution in [0.4, 0.5) is 0 Å². The molecule has 0 radical (unpaired) electrons. The molecule has 2 aromatic carbocycles. The van der Waals surface area contributed by atoms with Crippen molar-refractivity contribution < 1.29 is 42.2 Å². The van der Waals surface area contributed by atoms with E-state index in [9.17, 15) is 0 Å². The Balaban J connectivity index is 0.00000168. The van der Waals surface area contributed by atoms with E-state index in [1.165, 1.54) is 83.5 Å². The van der Waals surface area contributed by atoms with E-state index in [0.29, 0.717) is 0 Å². The molecule has 202 valence electrons. The third-order valence-corrected chi connectivity index (χ3v) is 15.1. The minimum absolute atomic E-state index is 0. The van der Waals surface area contributed by atoms with Crippen LogP contribution in [0.1, 0.15) is 131 Å². The second-order valence-corrected chi connectivity index (χ2v) is 16.0. The fraction of sp³-hybridized carbons (Fsp3) is 0.514. The van der Waals surface area contributed by atoms with Crippen LogP contribution < -0.4 is 28.7 Å². The number of fused-ring (bicyclic) bond motifs is 3. The summed E-state index contributed by atoms with van der Waals surface area (Å²) >= 11 is -1.71. The summed E-state index contributed by atoms with van der Waals surface area (Å²) < 4.78 is 5.49. The van der Waals surface area contributed by atoms with Crippen molar-refractivity contribution in [2.24, 2.45) is 0 Å². The van der Waals surface area contributed by atoms with Crippen molar-refractivity contribution in [3.05, 3.63) is 74.7 Å². The van der Waals surface area contributed by atoms with Crippen LogP contribution in [-0.4, -0.2) is 3.81 Å². The maximum absolute atomic E-state index is 2.77. The Morgan fingerprint density at radius 2 is 1.39 bits per heavy atom. The summed E-state index contributed by atoms with van der Waals surface area (Å²) in [5.74, 6) is 1.56. The van der Waals surface area contributed by atoms with E-state index in [1.54, 1.807) is 37.3 Å². The molecule has 3 heteroatoms. The average molecular weight is 584 g/mol. The zero-order valence-electron chi connectivity index (χ0n) is 23.4. The Hall–Kier alpha value is -0.916. The van der Waals surface area contributed by atoms with Crippen LogP contribution in [0.3, 0.4) is 0 Å². The molecular weight excluding hydrogens is 539 g/mol. The molecule has 0 N–H and O–H groups in total. The third-order valence-electron chi connectivity index (χ3n) is 9.79. The standard InChI is InChI=1S/C25H29.C5H5.C5H10.2ClH.Ti/c1-3-7-18(8-4-1)20-11-13-22-15-23-14-12-21(17-25(23)24(22)16-20)19-9-5-2-6-10-19;1-2-4-5-3-1;1-3-5-4-2;;;/h11-13,16-19H,1-10,15H2;1-3H,4H2;3-4H2,1-2H3;2*1H;/q;;;;;+2/p-2. The van der Waals surface area contributed by atoms with Gasteiger partial charge in [-0.05, 0) is 0 Å². The van der Waals surface area contributed by atoms with E-state index in [-0.39, 0.29) is 24.8 Å². The molecular formula is C35H44Cl2Ti. The van der Waals surface area contributed by atoms with E-state index in [0.717, 1.165) is 18.3 Å². The molecule has 4 aliphatic rings. The Bertz CT molecular complexity index is 1220. The molecule has 2 aromatic rings. The van der Waals surface area contributed by atoms with Crippen molar-refractivity contribution in [1.82, 2.24) is 0 Å². The van der Waals surface area contributed by atoms with Crippen LogP contribution in [0.15, 0.2) is 52.4 Å². The molecule has 0 atom stereocenters. The van der Waals surface area contributed by atoms with Crippen molar-refractivity contribution in [2.75, 3.05) is 0 Å². The van der Waals surface area contributed by atoms with Crippen LogP contribution >= 0.6 is 0 Å². The van der Waals surface area contributed by atoms with E-state index in [1.807, 2.05) is 7.68 Å². The van der Waals surface area contributed by atoms with Crippen LogP contribution in [-0.2, 0) is 23.8 Å². The molecule has 0 saturated heterocycles. The van der Waals surface area contributed by atoms with Gasteiger partial charge >= 0.3 is 226 Å². The zero-order valence-corrected chi connectivity index (χ0v) is 26.5. The Labute approximate surface area is 249 Å². The first-order valence-corrected chi connectivity index (χ1v) is 17.5. The molecule has 0 aliphatic heterocycles. The molecule has 2 fully saturated rings. The molecule has 6 rings (SSSR count). The van der Waals surface area contributed by atoms with Gasteiger partial charge in [-0.1, -0.05) is 0 Å². The summed E-state index contributed by atoms with van der Waals surface area (Å²) in [7, 11) is 0. The molecule has 38 heavy (non-hydrogen) atoms. The minimum atomic E-state index is -1.71. The maximum atomic E-state index is 2.77. The van der Waals surface area contributed by atoms with E-state index < -0.39 is 17.4 Å². The van der Waals surface area contributed by atoms with Crippen molar-refractivity contribution >= 4 is 7.68 Å². The molecule has 0 aromatic heterocycles. The number of hydrogen-bond donors (Lipinski definition) is 0. The number of allylic oxidation sites excluding steroid dienone is 4. The smallest absolute Gasteiger partial charge is 1.00 e. The first-order valence-electron chi connectivity index (χ1n) is 15.1. The first kappa shape index (κ1) is 30.1. The zero-order chi connectivity index (χ0) is 24.5. The fourth-order valence-corrected chi connectivity index (χ4v) is 12.9. The van der Waals surface area contributed by atoms with Crippen LogP contribution in [0.5, 0.6) is 0 Å². The molecule has 0 bridgehead atoms. The second-order valence-electron chi connectivity index (χ2n) is 11.9. The number of hydrogen-bond acceptors (Lipinski definition) is 0. The van der Waals surface area contributed by atoms with Gasteiger partial charge < -0.3 is 24.8 Å². The Kier molecular flexibility index (Phi) is 10.8. The minimum Gasteiger partial charge on any atom is -1.00 e. The van der Waals surface area contributed by atoms with Gasteiger partial charge in [-0.2, -0.15) is 0 Å². The topological polar surface area (TPSA) is 0 Å². The SMILES string of the molecule is CC[C](CC)=[Ti+2]([C]1=CC=CC1)[c]1cc(C2CCCCC2)cc2c1Cc1ccc(C3CCCCC3)cc1-2.[Cl-].[Cl-]. The van der Waals surface area contributed by atoms with Gasteiger partial charge in [0.15, 0.2) is 0 Å². The van der Waals surface area contributed by atoms with E-state index in [2.05, 4.69) is 62.4 Å². The van der Waals surface area contributed by atoms with Crippen LogP contribution in [0.2, 0.25) is 0 Å². The van der Waals surface area contributed by atoms with Crippen LogP contribution in [0.25, 0.3) is 11.1 Å². The summed E-state index contributed by atoms with van der Waals surface area (Å²) in [6, 6.07) is 13.1. The average Bonchev–Trinajstić information content (AvgIpc) is 3.60. The predicted molar refractivity (Wildman–Crippen MR) is 153 cm³/mol. The van der Waals surface area contributed by atoms with Crippen molar-refractivity contribution in [3.8, 4) is 11.1 Å². The molecule has 0 nitrogen and oxygen atoms in total. The predicted octanol–water partition coefficient (Wildman–Crippen LogP) is 3.44. The maximum Gasteiger partial charge on any atom is -1.00 e. The molecule has 0 heterocycles. The fourth-order valence-electron chi connectivity index (χ4n) is 7.73. The van der Waals surface area contributed by atoms with Crippen molar-refractivity contribution in [1.29, 1.82) is 0 Å². The van der Waals surface area contributed by atoms with Gasteiger partial charge in [0.05, 0.1) is 0 Å². The quantitative estimate of drug-likeness (QED) is 0.391. The van der Waals surface area contributed by atoms with Gasteiger partial charge in [-0.15, -0.1) is 0 Å². The summed E-state index contributed by atoms with van der Waals surface area (Å²) in [6.07, 6.45) is 26.2. The first-order chi connectivity index (χ1) is 17.8. The van der Waals surface area contributed by atoms with Gasteiger partial charge in [0, 0.05) is 0 Å². The number of benzene rings is 2. The third kappa shape index (κ3) is 5.90. The van der Waals surface area contributed by atoms with Gasteiger partial charge in [0.25, 0.3) is 0 Å². The summed E-state index contributed by atoms with van der Waals surface area (Å²) in [4.78, 5) is 0. The molecule has 2 saturated carbocycles.